The Morgan fingerprint density at radius 2 is 2.05 bits per heavy atom. The Labute approximate surface area is 141 Å². The molecule has 0 aliphatic carbocycles. The molecule has 110 valence electrons. The molecule has 0 fully saturated rings. The first-order chi connectivity index (χ1) is 9.93. The van der Waals surface area contributed by atoms with E-state index in [1.807, 2.05) is 6.92 Å². The van der Waals surface area contributed by atoms with Crippen LogP contribution >= 0.6 is 39.1 Å². The number of aromatic nitrogens is 1. The zero-order valence-electron chi connectivity index (χ0n) is 11.3. The minimum Gasteiger partial charge on any atom is -0.372 e. The Bertz CT molecular complexity index is 707. The third-order valence-corrected chi connectivity index (χ3v) is 4.09. The summed E-state index contributed by atoms with van der Waals surface area (Å²) in [5.41, 5.74) is 1.61. The molecule has 0 unspecified atom stereocenters. The van der Waals surface area contributed by atoms with Crippen molar-refractivity contribution < 1.29 is 4.79 Å². The van der Waals surface area contributed by atoms with Crippen molar-refractivity contribution in [3.05, 3.63) is 50.0 Å². The van der Waals surface area contributed by atoms with Crippen LogP contribution in [-0.2, 0) is 0 Å². The monoisotopic (exact) mass is 387 g/mol. The first-order valence-electron chi connectivity index (χ1n) is 6.03. The average Bonchev–Trinajstić information content (AvgIpc) is 2.47. The van der Waals surface area contributed by atoms with Crippen LogP contribution < -0.4 is 10.6 Å². The van der Waals surface area contributed by atoms with Crippen molar-refractivity contribution in [2.45, 2.75) is 6.92 Å². The maximum absolute atomic E-state index is 12.4. The maximum Gasteiger partial charge on any atom is 0.259 e. The number of aryl methyl sites for hydroxylation is 1. The molecular formula is C14H12BrCl2N3O. The van der Waals surface area contributed by atoms with Gasteiger partial charge >= 0.3 is 0 Å². The number of carbonyl (C=O) groups is 1. The highest BCUT2D eigenvalue weighted by molar-refractivity contribution is 9.10. The summed E-state index contributed by atoms with van der Waals surface area (Å²) in [6.07, 6.45) is 1.61. The molecular weight excluding hydrogens is 377 g/mol. The Hall–Kier alpha value is -1.30. The van der Waals surface area contributed by atoms with Gasteiger partial charge in [0.25, 0.3) is 5.91 Å². The summed E-state index contributed by atoms with van der Waals surface area (Å²) in [5, 5.41) is 6.41. The van der Waals surface area contributed by atoms with Gasteiger partial charge < -0.3 is 10.6 Å². The smallest absolute Gasteiger partial charge is 0.259 e. The van der Waals surface area contributed by atoms with Crippen LogP contribution in [0.5, 0.6) is 0 Å². The van der Waals surface area contributed by atoms with Gasteiger partial charge in [0.1, 0.15) is 5.82 Å². The quantitative estimate of drug-likeness (QED) is 0.797. The first-order valence-corrected chi connectivity index (χ1v) is 7.58. The summed E-state index contributed by atoms with van der Waals surface area (Å²) in [6, 6.07) is 5.16. The molecule has 1 amide bonds. The van der Waals surface area contributed by atoms with Crippen molar-refractivity contribution in [1.82, 2.24) is 4.98 Å². The lowest BCUT2D eigenvalue weighted by Gasteiger charge is -2.13. The summed E-state index contributed by atoms with van der Waals surface area (Å²) in [4.78, 5) is 16.6. The third-order valence-electron chi connectivity index (χ3n) is 2.86. The second-order valence-corrected chi connectivity index (χ2v) is 6.01. The molecule has 1 aromatic heterocycles. The predicted octanol–water partition coefficient (Wildman–Crippen LogP) is 4.75. The van der Waals surface area contributed by atoms with Crippen LogP contribution in [-0.4, -0.2) is 17.9 Å². The molecule has 0 bridgehead atoms. The standard InChI is InChI=1S/C14H12BrCl2N3O/c1-7-3-4-10(16)12(11(7)17)20-14(21)9-5-8(15)6-19-13(9)18-2/h3-6H,1-2H3,(H,18,19)(H,20,21). The molecule has 0 radical (unpaired) electrons. The number of pyridine rings is 1. The van der Waals surface area contributed by atoms with Gasteiger partial charge in [-0.05, 0) is 40.5 Å². The Morgan fingerprint density at radius 3 is 2.71 bits per heavy atom. The van der Waals surface area contributed by atoms with E-state index in [9.17, 15) is 4.79 Å². The molecule has 1 heterocycles. The van der Waals surface area contributed by atoms with E-state index in [0.717, 1.165) is 5.56 Å². The zero-order chi connectivity index (χ0) is 15.6. The largest absolute Gasteiger partial charge is 0.372 e. The second-order valence-electron chi connectivity index (χ2n) is 4.31. The fourth-order valence-corrected chi connectivity index (χ4v) is 2.56. The number of amides is 1. The SMILES string of the molecule is CNc1ncc(Br)cc1C(=O)Nc1c(Cl)ccc(C)c1Cl. The minimum atomic E-state index is -0.345. The lowest BCUT2D eigenvalue weighted by molar-refractivity contribution is 0.102. The van der Waals surface area contributed by atoms with E-state index in [1.54, 1.807) is 31.4 Å². The molecule has 2 N–H and O–H groups in total. The number of benzene rings is 1. The maximum atomic E-state index is 12.4. The second kappa shape index (κ2) is 6.64. The number of halogens is 3. The normalized spacial score (nSPS) is 10.3. The molecule has 0 spiro atoms. The summed E-state index contributed by atoms with van der Waals surface area (Å²) < 4.78 is 0.702. The van der Waals surface area contributed by atoms with Gasteiger partial charge in [-0.1, -0.05) is 29.3 Å². The highest BCUT2D eigenvalue weighted by atomic mass is 79.9. The molecule has 7 heteroatoms. The van der Waals surface area contributed by atoms with Crippen molar-refractivity contribution in [3.63, 3.8) is 0 Å². The predicted molar refractivity (Wildman–Crippen MR) is 90.6 cm³/mol. The average molecular weight is 389 g/mol. The van der Waals surface area contributed by atoms with Crippen LogP contribution in [0.2, 0.25) is 10.0 Å². The first kappa shape index (κ1) is 16.1. The van der Waals surface area contributed by atoms with Crippen LogP contribution in [0.1, 0.15) is 15.9 Å². The molecule has 2 aromatic rings. The van der Waals surface area contributed by atoms with Gasteiger partial charge in [0.2, 0.25) is 0 Å². The molecule has 0 aliphatic rings. The van der Waals surface area contributed by atoms with Crippen molar-refractivity contribution in [1.29, 1.82) is 0 Å². The molecule has 2 rings (SSSR count). The van der Waals surface area contributed by atoms with Gasteiger partial charge in [0.15, 0.2) is 0 Å². The fourth-order valence-electron chi connectivity index (χ4n) is 1.76. The number of rotatable bonds is 3. The van der Waals surface area contributed by atoms with E-state index in [1.165, 1.54) is 0 Å². The Kier molecular flexibility index (Phi) is 5.08. The van der Waals surface area contributed by atoms with Crippen LogP contribution in [0.4, 0.5) is 11.5 Å². The molecule has 4 nitrogen and oxygen atoms in total. The zero-order valence-corrected chi connectivity index (χ0v) is 14.4. The van der Waals surface area contributed by atoms with Gasteiger partial charge in [-0.15, -0.1) is 0 Å². The van der Waals surface area contributed by atoms with Gasteiger partial charge in [-0.3, -0.25) is 4.79 Å². The summed E-state index contributed by atoms with van der Waals surface area (Å²) >= 11 is 15.6. The van der Waals surface area contributed by atoms with Crippen LogP contribution in [0.3, 0.4) is 0 Å². The summed E-state index contributed by atoms with van der Waals surface area (Å²) in [6.45, 7) is 1.84. The molecule has 0 aliphatic heterocycles. The van der Waals surface area contributed by atoms with Gasteiger partial charge in [-0.25, -0.2) is 4.98 Å². The van der Waals surface area contributed by atoms with E-state index in [-0.39, 0.29) is 5.91 Å². The fraction of sp³-hybridized carbons (Fsp3) is 0.143. The van der Waals surface area contributed by atoms with Gasteiger partial charge in [0, 0.05) is 17.7 Å². The molecule has 0 saturated heterocycles. The number of nitrogens with zero attached hydrogens (tertiary/aromatic N) is 1. The van der Waals surface area contributed by atoms with Gasteiger partial charge in [-0.2, -0.15) is 0 Å². The number of hydrogen-bond acceptors (Lipinski definition) is 3. The third kappa shape index (κ3) is 3.48. The molecule has 1 aromatic carbocycles. The van der Waals surface area contributed by atoms with E-state index in [0.29, 0.717) is 31.6 Å². The Morgan fingerprint density at radius 1 is 1.33 bits per heavy atom. The highest BCUT2D eigenvalue weighted by Gasteiger charge is 2.16. The van der Waals surface area contributed by atoms with Crippen molar-refractivity contribution in [3.8, 4) is 0 Å². The topological polar surface area (TPSA) is 54.0 Å². The number of hydrogen-bond donors (Lipinski definition) is 2. The number of anilines is 2. The van der Waals surface area contributed by atoms with E-state index in [4.69, 9.17) is 23.2 Å². The van der Waals surface area contributed by atoms with Gasteiger partial charge in [0.05, 0.1) is 21.3 Å². The van der Waals surface area contributed by atoms with E-state index < -0.39 is 0 Å². The summed E-state index contributed by atoms with van der Waals surface area (Å²) in [7, 11) is 1.69. The lowest BCUT2D eigenvalue weighted by atomic mass is 10.2. The molecule has 0 atom stereocenters. The van der Waals surface area contributed by atoms with Crippen LogP contribution in [0.25, 0.3) is 0 Å². The molecule has 21 heavy (non-hydrogen) atoms. The van der Waals surface area contributed by atoms with Crippen LogP contribution in [0, 0.1) is 6.92 Å². The van der Waals surface area contributed by atoms with Crippen LogP contribution in [0.15, 0.2) is 28.9 Å². The van der Waals surface area contributed by atoms with E-state index >= 15 is 0 Å². The number of carbonyl (C=O) groups excluding carboxylic acids is 1. The van der Waals surface area contributed by atoms with Crippen molar-refractivity contribution >= 4 is 56.5 Å². The lowest BCUT2D eigenvalue weighted by Crippen LogP contribution is -2.15. The van der Waals surface area contributed by atoms with Crippen molar-refractivity contribution in [2.24, 2.45) is 0 Å². The summed E-state index contributed by atoms with van der Waals surface area (Å²) in [5.74, 6) is 0.123. The minimum absolute atomic E-state index is 0.345. The highest BCUT2D eigenvalue weighted by Crippen LogP contribution is 2.33. The van der Waals surface area contributed by atoms with E-state index in [2.05, 4.69) is 31.5 Å². The molecule has 0 saturated carbocycles. The number of nitrogens with one attached hydrogen (secondary N) is 2. The Balaban J connectivity index is 2.39. The van der Waals surface area contributed by atoms with Crippen molar-refractivity contribution in [2.75, 3.05) is 17.7 Å².